The van der Waals surface area contributed by atoms with Gasteiger partial charge in [-0.25, -0.2) is 0 Å². The Bertz CT molecular complexity index is 1210. The van der Waals surface area contributed by atoms with Crippen molar-refractivity contribution in [3.05, 3.63) is 69.1 Å². The summed E-state index contributed by atoms with van der Waals surface area (Å²) in [7, 11) is 0. The van der Waals surface area contributed by atoms with E-state index in [0.29, 0.717) is 23.7 Å². The first kappa shape index (κ1) is 25.9. The number of rotatable bonds is 8. The van der Waals surface area contributed by atoms with E-state index in [2.05, 4.69) is 55.0 Å². The third kappa shape index (κ3) is 7.15. The summed E-state index contributed by atoms with van der Waals surface area (Å²) in [5.74, 6) is 0.0899. The Kier molecular flexibility index (Phi) is 9.67. The van der Waals surface area contributed by atoms with Crippen LogP contribution in [0.1, 0.15) is 30.1 Å². The number of hydrogen-bond donors (Lipinski definition) is 3. The van der Waals surface area contributed by atoms with Crippen LogP contribution in [-0.4, -0.2) is 30.1 Å². The SMILES string of the molecule is CCCCOc1ccccc1C(=O)NC(=S)NNC(=O)COc1ccc2cc(Br)ccc2c1Br. The zero-order valence-electron chi connectivity index (χ0n) is 18.3. The maximum atomic E-state index is 12.6. The molecule has 0 atom stereocenters. The Morgan fingerprint density at radius 2 is 1.76 bits per heavy atom. The lowest BCUT2D eigenvalue weighted by Crippen LogP contribution is -2.49. The van der Waals surface area contributed by atoms with Gasteiger partial charge in [-0.3, -0.25) is 25.8 Å². The van der Waals surface area contributed by atoms with Gasteiger partial charge in [-0.05, 0) is 75.7 Å². The van der Waals surface area contributed by atoms with Gasteiger partial charge >= 0.3 is 0 Å². The van der Waals surface area contributed by atoms with Gasteiger partial charge in [-0.1, -0.05) is 53.5 Å². The summed E-state index contributed by atoms with van der Waals surface area (Å²) in [5.41, 5.74) is 5.26. The lowest BCUT2D eigenvalue weighted by atomic mass is 10.1. The molecule has 3 aromatic carbocycles. The van der Waals surface area contributed by atoms with Crippen molar-refractivity contribution in [2.45, 2.75) is 19.8 Å². The molecule has 0 aliphatic rings. The molecule has 0 aliphatic heterocycles. The number of ether oxygens (including phenoxy) is 2. The van der Waals surface area contributed by atoms with Crippen molar-refractivity contribution in [2.24, 2.45) is 0 Å². The number of carbonyl (C=O) groups is 2. The van der Waals surface area contributed by atoms with Crippen LogP contribution in [0.25, 0.3) is 10.8 Å². The fourth-order valence-electron chi connectivity index (χ4n) is 2.97. The molecular formula is C24H23Br2N3O4S. The van der Waals surface area contributed by atoms with Gasteiger partial charge < -0.3 is 9.47 Å². The zero-order chi connectivity index (χ0) is 24.5. The third-order valence-corrected chi connectivity index (χ3v) is 6.18. The molecule has 0 radical (unpaired) electrons. The Morgan fingerprint density at radius 1 is 0.971 bits per heavy atom. The van der Waals surface area contributed by atoms with Crippen LogP contribution < -0.4 is 25.6 Å². The minimum atomic E-state index is -0.470. The van der Waals surface area contributed by atoms with Crippen molar-refractivity contribution in [1.29, 1.82) is 0 Å². The van der Waals surface area contributed by atoms with Gasteiger partial charge in [0.15, 0.2) is 11.7 Å². The first-order valence-electron chi connectivity index (χ1n) is 10.5. The molecule has 0 heterocycles. The highest BCUT2D eigenvalue weighted by Crippen LogP contribution is 2.34. The highest BCUT2D eigenvalue weighted by atomic mass is 79.9. The molecule has 2 amide bonds. The summed E-state index contributed by atoms with van der Waals surface area (Å²) in [6, 6.07) is 16.5. The molecular weight excluding hydrogens is 586 g/mol. The fraction of sp³-hybridized carbons (Fsp3) is 0.208. The van der Waals surface area contributed by atoms with Gasteiger partial charge in [0, 0.05) is 4.47 Å². The predicted octanol–water partition coefficient (Wildman–Crippen LogP) is 5.26. The molecule has 34 heavy (non-hydrogen) atoms. The van der Waals surface area contributed by atoms with E-state index in [0.717, 1.165) is 32.6 Å². The summed E-state index contributed by atoms with van der Waals surface area (Å²) in [5, 5.41) is 4.45. The molecule has 3 rings (SSSR count). The average Bonchev–Trinajstić information content (AvgIpc) is 2.82. The monoisotopic (exact) mass is 607 g/mol. The van der Waals surface area contributed by atoms with Crippen LogP contribution in [-0.2, 0) is 4.79 Å². The Labute approximate surface area is 219 Å². The van der Waals surface area contributed by atoms with E-state index in [1.54, 1.807) is 30.3 Å². The minimum Gasteiger partial charge on any atom is -0.493 e. The average molecular weight is 609 g/mol. The number of halogens is 2. The molecule has 0 aromatic heterocycles. The first-order valence-corrected chi connectivity index (χ1v) is 12.5. The number of thiocarbonyl (C=S) groups is 1. The molecule has 0 bridgehead atoms. The Hall–Kier alpha value is -2.69. The second-order valence-electron chi connectivity index (χ2n) is 7.19. The summed E-state index contributed by atoms with van der Waals surface area (Å²) in [4.78, 5) is 24.7. The number of carbonyl (C=O) groups excluding carboxylic acids is 2. The van der Waals surface area contributed by atoms with E-state index in [4.69, 9.17) is 21.7 Å². The molecule has 3 aromatic rings. The van der Waals surface area contributed by atoms with Crippen molar-refractivity contribution in [3.63, 3.8) is 0 Å². The van der Waals surface area contributed by atoms with Gasteiger partial charge in [0.05, 0.1) is 16.6 Å². The Balaban J connectivity index is 1.49. The molecule has 0 saturated carbocycles. The van der Waals surface area contributed by atoms with Gasteiger partial charge in [0.1, 0.15) is 11.5 Å². The van der Waals surface area contributed by atoms with Gasteiger partial charge in [0.25, 0.3) is 11.8 Å². The van der Waals surface area contributed by atoms with Crippen LogP contribution in [0.5, 0.6) is 11.5 Å². The van der Waals surface area contributed by atoms with Gasteiger partial charge in [0.2, 0.25) is 0 Å². The second kappa shape index (κ2) is 12.7. The fourth-order valence-corrected chi connectivity index (χ4v) is 4.10. The number of unbranched alkanes of at least 4 members (excludes halogenated alkanes) is 1. The maximum absolute atomic E-state index is 12.6. The van der Waals surface area contributed by atoms with E-state index in [1.165, 1.54) is 0 Å². The first-order chi connectivity index (χ1) is 16.4. The summed E-state index contributed by atoms with van der Waals surface area (Å²) >= 11 is 12.1. The van der Waals surface area contributed by atoms with Crippen molar-refractivity contribution < 1.29 is 19.1 Å². The van der Waals surface area contributed by atoms with E-state index in [1.807, 2.05) is 24.3 Å². The van der Waals surface area contributed by atoms with Crippen molar-refractivity contribution >= 4 is 71.8 Å². The summed E-state index contributed by atoms with van der Waals surface area (Å²) in [6.45, 7) is 2.33. The molecule has 3 N–H and O–H groups in total. The number of amides is 2. The highest BCUT2D eigenvalue weighted by molar-refractivity contribution is 9.11. The van der Waals surface area contributed by atoms with E-state index in [-0.39, 0.29) is 11.7 Å². The normalized spacial score (nSPS) is 10.4. The van der Waals surface area contributed by atoms with Crippen LogP contribution in [0, 0.1) is 0 Å². The van der Waals surface area contributed by atoms with Crippen molar-refractivity contribution in [3.8, 4) is 11.5 Å². The lowest BCUT2D eigenvalue weighted by Gasteiger charge is -2.14. The number of hydrazine groups is 1. The van der Waals surface area contributed by atoms with Crippen LogP contribution in [0.3, 0.4) is 0 Å². The maximum Gasteiger partial charge on any atom is 0.276 e. The molecule has 0 fully saturated rings. The predicted molar refractivity (Wildman–Crippen MR) is 143 cm³/mol. The molecule has 10 heteroatoms. The standard InChI is InChI=1S/C24H23Br2N3O4S/c1-2-3-12-32-19-7-5-4-6-18(19)23(31)27-24(34)29-28-21(30)14-33-20-11-8-15-13-16(25)9-10-17(15)22(20)26/h4-11,13H,2-3,12,14H2,1H3,(H,28,30)(H2,27,29,31,34). The van der Waals surface area contributed by atoms with Crippen LogP contribution >= 0.6 is 44.1 Å². The summed E-state index contributed by atoms with van der Waals surface area (Å²) in [6.07, 6.45) is 1.87. The molecule has 0 spiro atoms. The van der Waals surface area contributed by atoms with E-state index < -0.39 is 11.8 Å². The topological polar surface area (TPSA) is 88.7 Å². The minimum absolute atomic E-state index is 0.0563. The van der Waals surface area contributed by atoms with Gasteiger partial charge in [-0.15, -0.1) is 0 Å². The van der Waals surface area contributed by atoms with E-state index in [9.17, 15) is 9.59 Å². The number of benzene rings is 3. The van der Waals surface area contributed by atoms with Crippen LogP contribution in [0.2, 0.25) is 0 Å². The largest absolute Gasteiger partial charge is 0.493 e. The number of fused-ring (bicyclic) bond motifs is 1. The van der Waals surface area contributed by atoms with E-state index >= 15 is 0 Å². The van der Waals surface area contributed by atoms with Crippen LogP contribution in [0.4, 0.5) is 0 Å². The zero-order valence-corrected chi connectivity index (χ0v) is 22.3. The molecule has 178 valence electrons. The summed E-state index contributed by atoms with van der Waals surface area (Å²) < 4.78 is 13.0. The quantitative estimate of drug-likeness (QED) is 0.184. The Morgan fingerprint density at radius 3 is 2.56 bits per heavy atom. The second-order valence-corrected chi connectivity index (χ2v) is 9.30. The lowest BCUT2D eigenvalue weighted by molar-refractivity contribution is -0.123. The molecule has 0 aliphatic carbocycles. The van der Waals surface area contributed by atoms with Crippen molar-refractivity contribution in [2.75, 3.05) is 13.2 Å². The molecule has 0 saturated heterocycles. The third-order valence-electron chi connectivity index (χ3n) is 4.67. The van der Waals surface area contributed by atoms with Gasteiger partial charge in [-0.2, -0.15) is 0 Å². The molecule has 7 nitrogen and oxygen atoms in total. The van der Waals surface area contributed by atoms with Crippen LogP contribution in [0.15, 0.2) is 63.5 Å². The number of para-hydroxylation sites is 1. The smallest absolute Gasteiger partial charge is 0.276 e. The van der Waals surface area contributed by atoms with Crippen molar-refractivity contribution in [1.82, 2.24) is 16.2 Å². The number of nitrogens with one attached hydrogen (secondary N) is 3. The number of hydrogen-bond acceptors (Lipinski definition) is 5. The highest BCUT2D eigenvalue weighted by Gasteiger charge is 2.14. The molecule has 0 unspecified atom stereocenters.